The smallest absolute Gasteiger partial charge is 0.310 e. The number of rotatable bonds is 0. The molecule has 3 rings (SSSR count). The first-order chi connectivity index (χ1) is 8.47. The molecule has 1 aromatic carbocycles. The third-order valence-corrected chi connectivity index (χ3v) is 3.28. The minimum atomic E-state index is -0.0707. The summed E-state index contributed by atoms with van der Waals surface area (Å²) < 4.78 is 1.73. The summed E-state index contributed by atoms with van der Waals surface area (Å²) in [4.78, 5) is 15.2. The zero-order valence-electron chi connectivity index (χ0n) is 10.8. The molecule has 0 saturated heterocycles. The van der Waals surface area contributed by atoms with Crippen LogP contribution in [0.2, 0.25) is 0 Å². The molecule has 3 nitrogen and oxygen atoms in total. The number of aromatic amines is 1. The summed E-state index contributed by atoms with van der Waals surface area (Å²) in [7, 11) is 0. The van der Waals surface area contributed by atoms with Gasteiger partial charge in [0.25, 0.3) is 0 Å². The summed E-state index contributed by atoms with van der Waals surface area (Å²) in [5, 5.41) is 1.09. The Labute approximate surface area is 105 Å². The molecular weight excluding hydrogens is 224 g/mol. The van der Waals surface area contributed by atoms with Gasteiger partial charge in [0.05, 0.1) is 11.0 Å². The Morgan fingerprint density at radius 1 is 1.11 bits per heavy atom. The van der Waals surface area contributed by atoms with Crippen LogP contribution in [0.1, 0.15) is 26.5 Å². The Morgan fingerprint density at radius 2 is 1.83 bits per heavy atom. The Kier molecular flexibility index (Phi) is 2.14. The minimum absolute atomic E-state index is 0.0582. The van der Waals surface area contributed by atoms with Crippen LogP contribution in [-0.4, -0.2) is 9.38 Å². The monoisotopic (exact) mass is 240 g/mol. The molecular formula is C15H16N2O. The number of hydrogen-bond donors (Lipinski definition) is 1. The number of nitrogens with one attached hydrogen (secondary N) is 1. The molecule has 0 aliphatic rings. The van der Waals surface area contributed by atoms with Gasteiger partial charge in [-0.1, -0.05) is 39.0 Å². The number of fused-ring (bicyclic) bond motifs is 3. The van der Waals surface area contributed by atoms with Gasteiger partial charge in [-0.05, 0) is 18.2 Å². The van der Waals surface area contributed by atoms with Crippen molar-refractivity contribution >= 4 is 16.4 Å². The lowest BCUT2D eigenvalue weighted by Gasteiger charge is -2.18. The molecule has 3 heteroatoms. The first-order valence-electron chi connectivity index (χ1n) is 6.11. The van der Waals surface area contributed by atoms with Crippen molar-refractivity contribution in [1.82, 2.24) is 9.38 Å². The highest BCUT2D eigenvalue weighted by Crippen LogP contribution is 2.23. The van der Waals surface area contributed by atoms with Crippen LogP contribution in [0.5, 0.6) is 0 Å². The average molecular weight is 240 g/mol. The van der Waals surface area contributed by atoms with Gasteiger partial charge < -0.3 is 4.98 Å². The molecule has 0 atom stereocenters. The van der Waals surface area contributed by atoms with Gasteiger partial charge in [-0.2, -0.15) is 0 Å². The molecule has 92 valence electrons. The lowest BCUT2D eigenvalue weighted by molar-refractivity contribution is 0.564. The van der Waals surface area contributed by atoms with Crippen molar-refractivity contribution in [2.75, 3.05) is 0 Å². The molecule has 0 unspecified atom stereocenters. The van der Waals surface area contributed by atoms with E-state index >= 15 is 0 Å². The first-order valence-corrected chi connectivity index (χ1v) is 6.11. The number of para-hydroxylation sites is 1. The number of benzene rings is 1. The molecule has 2 heterocycles. The number of hydrogen-bond acceptors (Lipinski definition) is 1. The molecule has 0 bridgehead atoms. The van der Waals surface area contributed by atoms with Crippen molar-refractivity contribution in [3.05, 3.63) is 52.6 Å². The van der Waals surface area contributed by atoms with Crippen LogP contribution in [0.4, 0.5) is 0 Å². The summed E-state index contributed by atoms with van der Waals surface area (Å²) >= 11 is 0. The van der Waals surface area contributed by atoms with Gasteiger partial charge in [0, 0.05) is 16.5 Å². The molecule has 1 N–H and O–H groups in total. The van der Waals surface area contributed by atoms with E-state index in [9.17, 15) is 4.79 Å². The Balaban J connectivity index is 2.46. The van der Waals surface area contributed by atoms with E-state index in [-0.39, 0.29) is 11.1 Å². The van der Waals surface area contributed by atoms with E-state index < -0.39 is 0 Å². The molecule has 0 amide bonds. The van der Waals surface area contributed by atoms with Gasteiger partial charge in [-0.25, -0.2) is 4.79 Å². The van der Waals surface area contributed by atoms with E-state index in [1.54, 1.807) is 4.40 Å². The second kappa shape index (κ2) is 3.48. The summed E-state index contributed by atoms with van der Waals surface area (Å²) in [6, 6.07) is 12.0. The lowest BCUT2D eigenvalue weighted by atomic mass is 9.92. The SMILES string of the molecule is CC(C)(C)c1cc2cc3ccccc3n2c(=O)[nH]1. The predicted molar refractivity (Wildman–Crippen MR) is 74.2 cm³/mol. The number of aromatic nitrogens is 2. The van der Waals surface area contributed by atoms with Gasteiger partial charge in [-0.3, -0.25) is 4.40 Å². The standard InChI is InChI=1S/C15H16N2O/c1-15(2,3)13-9-11-8-10-6-4-5-7-12(10)17(11)14(18)16-13/h4-9H,1-3H3,(H,16,18). The fourth-order valence-electron chi connectivity index (χ4n) is 2.27. The molecule has 0 radical (unpaired) electrons. The third-order valence-electron chi connectivity index (χ3n) is 3.28. The topological polar surface area (TPSA) is 37.3 Å². The third kappa shape index (κ3) is 1.55. The Hall–Kier alpha value is -2.03. The van der Waals surface area contributed by atoms with E-state index in [2.05, 4.69) is 37.9 Å². The van der Waals surface area contributed by atoms with Gasteiger partial charge in [0.1, 0.15) is 0 Å². The van der Waals surface area contributed by atoms with Gasteiger partial charge in [0.15, 0.2) is 0 Å². The van der Waals surface area contributed by atoms with E-state index in [0.717, 1.165) is 22.1 Å². The van der Waals surface area contributed by atoms with Crippen LogP contribution in [0.15, 0.2) is 41.2 Å². The first kappa shape index (κ1) is 11.1. The highest BCUT2D eigenvalue weighted by Gasteiger charge is 2.16. The van der Waals surface area contributed by atoms with Gasteiger partial charge >= 0.3 is 5.69 Å². The Morgan fingerprint density at radius 3 is 2.56 bits per heavy atom. The van der Waals surface area contributed by atoms with Crippen LogP contribution < -0.4 is 5.69 Å². The van der Waals surface area contributed by atoms with E-state index in [4.69, 9.17) is 0 Å². The number of nitrogens with zero attached hydrogens (tertiary/aromatic N) is 1. The maximum atomic E-state index is 12.2. The average Bonchev–Trinajstić information content (AvgIpc) is 2.66. The highest BCUT2D eigenvalue weighted by atomic mass is 16.1. The zero-order valence-corrected chi connectivity index (χ0v) is 10.8. The fourth-order valence-corrected chi connectivity index (χ4v) is 2.27. The molecule has 0 spiro atoms. The molecule has 0 fully saturated rings. The summed E-state index contributed by atoms with van der Waals surface area (Å²) in [5.41, 5.74) is 2.73. The van der Waals surface area contributed by atoms with Crippen molar-refractivity contribution in [3.63, 3.8) is 0 Å². The van der Waals surface area contributed by atoms with Gasteiger partial charge in [-0.15, -0.1) is 0 Å². The predicted octanol–water partition coefficient (Wildman–Crippen LogP) is 3.08. The van der Waals surface area contributed by atoms with Crippen molar-refractivity contribution in [1.29, 1.82) is 0 Å². The second-order valence-electron chi connectivity index (χ2n) is 5.70. The molecule has 0 saturated carbocycles. The maximum absolute atomic E-state index is 12.2. The summed E-state index contributed by atoms with van der Waals surface area (Å²) in [6.45, 7) is 6.28. The van der Waals surface area contributed by atoms with E-state index in [1.807, 2.05) is 24.3 Å². The number of H-pyrrole nitrogens is 1. The van der Waals surface area contributed by atoms with Crippen LogP contribution in [0.25, 0.3) is 16.4 Å². The molecule has 0 aliphatic heterocycles. The molecule has 0 aliphatic carbocycles. The Bertz CT molecular complexity index is 787. The quantitative estimate of drug-likeness (QED) is 0.644. The minimum Gasteiger partial charge on any atom is -0.310 e. The van der Waals surface area contributed by atoms with Crippen LogP contribution >= 0.6 is 0 Å². The molecule has 2 aromatic heterocycles. The summed E-state index contributed by atoms with van der Waals surface area (Å²) in [6.07, 6.45) is 0. The van der Waals surface area contributed by atoms with E-state index in [0.29, 0.717) is 0 Å². The highest BCUT2D eigenvalue weighted by molar-refractivity contribution is 5.87. The van der Waals surface area contributed by atoms with Crippen molar-refractivity contribution < 1.29 is 0 Å². The van der Waals surface area contributed by atoms with E-state index in [1.165, 1.54) is 0 Å². The van der Waals surface area contributed by atoms with Crippen LogP contribution in [0.3, 0.4) is 0 Å². The van der Waals surface area contributed by atoms with Crippen LogP contribution in [0, 0.1) is 0 Å². The molecule has 18 heavy (non-hydrogen) atoms. The normalized spacial score (nSPS) is 12.4. The van der Waals surface area contributed by atoms with Crippen LogP contribution in [-0.2, 0) is 5.41 Å². The molecule has 3 aromatic rings. The zero-order chi connectivity index (χ0) is 12.9. The van der Waals surface area contributed by atoms with Gasteiger partial charge in [0.2, 0.25) is 0 Å². The largest absolute Gasteiger partial charge is 0.330 e. The fraction of sp³-hybridized carbons (Fsp3) is 0.267. The lowest BCUT2D eigenvalue weighted by Crippen LogP contribution is -2.23. The van der Waals surface area contributed by atoms with Crippen molar-refractivity contribution in [2.24, 2.45) is 0 Å². The maximum Gasteiger partial charge on any atom is 0.330 e. The van der Waals surface area contributed by atoms with Crippen molar-refractivity contribution in [3.8, 4) is 0 Å². The summed E-state index contributed by atoms with van der Waals surface area (Å²) in [5.74, 6) is 0. The second-order valence-corrected chi connectivity index (χ2v) is 5.70. The van der Waals surface area contributed by atoms with Crippen molar-refractivity contribution in [2.45, 2.75) is 26.2 Å².